The van der Waals surface area contributed by atoms with Crippen molar-refractivity contribution in [3.05, 3.63) is 57.7 Å². The molecule has 284 valence electrons. The maximum atomic E-state index is 15.6. The van der Waals surface area contributed by atoms with Gasteiger partial charge in [0.15, 0.2) is 11.6 Å². The molecule has 0 aromatic heterocycles. The zero-order valence-electron chi connectivity index (χ0n) is 30.0. The quantitative estimate of drug-likeness (QED) is 0.0966. The molecule has 2 aromatic carbocycles. The predicted molar refractivity (Wildman–Crippen MR) is 185 cm³/mol. The molecule has 12 bridgehead atoms. The summed E-state index contributed by atoms with van der Waals surface area (Å²) in [5.74, 6) is -6.54. The second-order valence-electron chi connectivity index (χ2n) is 20.3. The summed E-state index contributed by atoms with van der Waals surface area (Å²) >= 11 is 0. The standard InChI is InChI=1S/C43H48F4O5S/c44-34-36(46)39(53(49,50)51)37(47)35(45)38(34)52-40(48)33-31(42-15-24-4-25(16-42)6-26(5-24)17-42)10-30(41-12-21-1-22(13-41)3-23(2-21)14-41)11-32(33)43-18-27-7-28(19-43)9-29(8-27)20-43/h10-11,21-29H,1-9,12-20H2,(H,49,50,51)/p-1. The molecule has 0 unspecified atom stereocenters. The number of carbonyl (C=O) groups is 1. The van der Waals surface area contributed by atoms with E-state index in [1.54, 1.807) is 0 Å². The molecule has 0 N–H and O–H groups in total. The highest BCUT2D eigenvalue weighted by Gasteiger charge is 2.58. The zero-order chi connectivity index (χ0) is 36.4. The number of rotatable bonds is 6. The molecule has 5 nitrogen and oxygen atoms in total. The summed E-state index contributed by atoms with van der Waals surface area (Å²) in [4.78, 5) is 12.8. The van der Waals surface area contributed by atoms with Gasteiger partial charge < -0.3 is 9.29 Å². The lowest BCUT2D eigenvalue weighted by Gasteiger charge is -2.60. The molecule has 0 saturated heterocycles. The van der Waals surface area contributed by atoms with E-state index in [2.05, 4.69) is 12.1 Å². The largest absolute Gasteiger partial charge is 0.744 e. The SMILES string of the molecule is O=C(Oc1c(F)c(F)c(S(=O)(=O)[O-])c(F)c1F)c1c(C23CC4CC(CC(C4)C2)C3)cc(C23CC4CC(CC(C4)C2)C3)cc1C12CC3CC(CC(C3)C1)C2. The highest BCUT2D eigenvalue weighted by Crippen LogP contribution is 2.67. The summed E-state index contributed by atoms with van der Waals surface area (Å²) in [6, 6.07) is 4.61. The van der Waals surface area contributed by atoms with E-state index in [1.165, 1.54) is 63.4 Å². The highest BCUT2D eigenvalue weighted by atomic mass is 32.2. The van der Waals surface area contributed by atoms with Gasteiger partial charge in [-0.1, -0.05) is 12.1 Å². The molecular weight excluding hydrogens is 705 g/mol. The number of hydrogen-bond donors (Lipinski definition) is 0. The fourth-order valence-electron chi connectivity index (χ4n) is 16.4. The van der Waals surface area contributed by atoms with E-state index in [4.69, 9.17) is 4.74 Å². The summed E-state index contributed by atoms with van der Waals surface area (Å²) in [7, 11) is -5.92. The third-order valence-corrected chi connectivity index (χ3v) is 17.7. The Bertz CT molecular complexity index is 1870. The van der Waals surface area contributed by atoms with E-state index in [0.29, 0.717) is 58.8 Å². The first kappa shape index (κ1) is 33.8. The summed E-state index contributed by atoms with van der Waals surface area (Å²) in [5.41, 5.74) is 2.88. The van der Waals surface area contributed by atoms with Gasteiger partial charge in [-0.05, 0) is 202 Å². The van der Waals surface area contributed by atoms with Crippen LogP contribution in [0.15, 0.2) is 17.0 Å². The Hall–Kier alpha value is -2.46. The lowest BCUT2D eigenvalue weighted by Crippen LogP contribution is -2.52. The summed E-state index contributed by atoms with van der Waals surface area (Å²) in [6.07, 6.45) is 20.0. The van der Waals surface area contributed by atoms with Crippen LogP contribution in [0.25, 0.3) is 0 Å². The van der Waals surface area contributed by atoms with Gasteiger partial charge in [0.25, 0.3) is 0 Å². The van der Waals surface area contributed by atoms with Crippen LogP contribution in [0.4, 0.5) is 17.6 Å². The molecule has 12 fully saturated rings. The van der Waals surface area contributed by atoms with E-state index in [1.807, 2.05) is 0 Å². The Morgan fingerprint density at radius 2 is 0.849 bits per heavy atom. The lowest BCUT2D eigenvalue weighted by atomic mass is 9.44. The van der Waals surface area contributed by atoms with Crippen molar-refractivity contribution < 1.29 is 40.1 Å². The summed E-state index contributed by atoms with van der Waals surface area (Å²) in [6.45, 7) is 0. The Morgan fingerprint density at radius 1 is 0.547 bits per heavy atom. The van der Waals surface area contributed by atoms with Gasteiger partial charge in [-0.15, -0.1) is 0 Å². The fourth-order valence-corrected chi connectivity index (χ4v) is 17.0. The van der Waals surface area contributed by atoms with Crippen LogP contribution in [-0.2, 0) is 26.4 Å². The Morgan fingerprint density at radius 3 is 1.15 bits per heavy atom. The lowest BCUT2D eigenvalue weighted by molar-refractivity contribution is -0.0125. The van der Waals surface area contributed by atoms with Gasteiger partial charge in [0.05, 0.1) is 5.56 Å². The normalized spacial score (nSPS) is 42.8. The maximum Gasteiger partial charge on any atom is 0.344 e. The van der Waals surface area contributed by atoms with Crippen molar-refractivity contribution in [2.45, 2.75) is 137 Å². The van der Waals surface area contributed by atoms with Crippen molar-refractivity contribution in [2.75, 3.05) is 0 Å². The molecule has 12 aliphatic carbocycles. The minimum atomic E-state index is -5.92. The number of carbonyl (C=O) groups excluding carboxylic acids is 1. The Labute approximate surface area is 308 Å². The highest BCUT2D eigenvalue weighted by molar-refractivity contribution is 7.85. The van der Waals surface area contributed by atoms with Crippen LogP contribution < -0.4 is 4.74 Å². The smallest absolute Gasteiger partial charge is 0.344 e. The van der Waals surface area contributed by atoms with Crippen LogP contribution in [0.2, 0.25) is 0 Å². The summed E-state index contributed by atoms with van der Waals surface area (Å²) in [5, 5.41) is 0. The average molecular weight is 752 g/mol. The average Bonchev–Trinajstić information content (AvgIpc) is 3.06. The number of halogens is 4. The van der Waals surface area contributed by atoms with Crippen LogP contribution in [0, 0.1) is 76.5 Å². The van der Waals surface area contributed by atoms with Crippen LogP contribution in [0.3, 0.4) is 0 Å². The molecule has 0 amide bonds. The number of esters is 1. The molecule has 0 spiro atoms. The van der Waals surface area contributed by atoms with Gasteiger partial charge in [-0.2, -0.15) is 8.78 Å². The molecule has 12 saturated carbocycles. The van der Waals surface area contributed by atoms with Crippen LogP contribution in [0.1, 0.15) is 143 Å². The predicted octanol–water partition coefficient (Wildman–Crippen LogP) is 9.77. The fraction of sp³-hybridized carbons (Fsp3) is 0.698. The zero-order valence-corrected chi connectivity index (χ0v) is 30.9. The van der Waals surface area contributed by atoms with Gasteiger partial charge >= 0.3 is 5.97 Å². The minimum Gasteiger partial charge on any atom is -0.744 e. The van der Waals surface area contributed by atoms with Crippen molar-refractivity contribution in [2.24, 2.45) is 53.3 Å². The molecular formula is C43H47F4O5S-. The van der Waals surface area contributed by atoms with Crippen LogP contribution in [-0.4, -0.2) is 18.9 Å². The molecule has 0 atom stereocenters. The van der Waals surface area contributed by atoms with E-state index in [0.717, 1.165) is 68.9 Å². The first-order chi connectivity index (χ1) is 25.2. The number of hydrogen-bond acceptors (Lipinski definition) is 5. The molecule has 10 heteroatoms. The molecule has 0 heterocycles. The second-order valence-corrected chi connectivity index (χ2v) is 21.6. The third kappa shape index (κ3) is 4.94. The molecule has 53 heavy (non-hydrogen) atoms. The van der Waals surface area contributed by atoms with Gasteiger partial charge in [0.2, 0.25) is 17.4 Å². The molecule has 0 aliphatic heterocycles. The third-order valence-electron chi connectivity index (χ3n) is 16.8. The van der Waals surface area contributed by atoms with Gasteiger partial charge in [-0.25, -0.2) is 22.0 Å². The van der Waals surface area contributed by atoms with E-state index >= 15 is 22.4 Å². The van der Waals surface area contributed by atoms with Gasteiger partial charge in [0.1, 0.15) is 15.0 Å². The summed E-state index contributed by atoms with van der Waals surface area (Å²) < 4.78 is 102. The van der Waals surface area contributed by atoms with Crippen molar-refractivity contribution in [3.8, 4) is 5.75 Å². The Balaban J connectivity index is 1.14. The number of benzene rings is 2. The number of ether oxygens (including phenoxy) is 1. The molecule has 0 radical (unpaired) electrons. The molecule has 14 rings (SSSR count). The van der Waals surface area contributed by atoms with Crippen molar-refractivity contribution in [3.63, 3.8) is 0 Å². The second kappa shape index (κ2) is 11.1. The first-order valence-corrected chi connectivity index (χ1v) is 21.8. The van der Waals surface area contributed by atoms with E-state index in [-0.39, 0.29) is 16.2 Å². The van der Waals surface area contributed by atoms with Crippen molar-refractivity contribution >= 4 is 16.1 Å². The van der Waals surface area contributed by atoms with Gasteiger partial charge in [-0.3, -0.25) is 0 Å². The Kier molecular flexibility index (Phi) is 7.09. The van der Waals surface area contributed by atoms with E-state index < -0.39 is 50.0 Å². The first-order valence-electron chi connectivity index (χ1n) is 20.4. The maximum absolute atomic E-state index is 15.6. The minimum absolute atomic E-state index is 0.0232. The molecule has 12 aliphatic rings. The van der Waals surface area contributed by atoms with Crippen molar-refractivity contribution in [1.82, 2.24) is 0 Å². The van der Waals surface area contributed by atoms with Crippen LogP contribution >= 0.6 is 0 Å². The van der Waals surface area contributed by atoms with Gasteiger partial charge in [0, 0.05) is 0 Å². The topological polar surface area (TPSA) is 83.5 Å². The molecule has 2 aromatic rings. The monoisotopic (exact) mass is 751 g/mol. The van der Waals surface area contributed by atoms with E-state index in [9.17, 15) is 13.0 Å². The van der Waals surface area contributed by atoms with Crippen LogP contribution in [0.5, 0.6) is 5.75 Å². The van der Waals surface area contributed by atoms with Crippen molar-refractivity contribution in [1.29, 1.82) is 0 Å².